The molecule has 0 atom stereocenters. The summed E-state index contributed by atoms with van der Waals surface area (Å²) in [6.07, 6.45) is 0. The smallest absolute Gasteiger partial charge is 0.384 e. The van der Waals surface area contributed by atoms with Crippen LogP contribution in [0.3, 0.4) is 0 Å². The Hall–Kier alpha value is -2.64. The van der Waals surface area contributed by atoms with Crippen molar-refractivity contribution in [3.63, 3.8) is 0 Å². The first-order chi connectivity index (χ1) is 12.5. The predicted octanol–water partition coefficient (Wildman–Crippen LogP) is 3.49. The topological polar surface area (TPSA) is 109 Å². The Morgan fingerprint density at radius 3 is 1.35 bits per heavy atom. The quantitative estimate of drug-likeness (QED) is 0.725. The molecular formula is C16H19N2O7P. The third-order valence-corrected chi connectivity index (χ3v) is 4.65. The number of hydrogen-bond acceptors (Lipinski definition) is 9. The van der Waals surface area contributed by atoms with Crippen molar-refractivity contribution in [1.82, 2.24) is 9.97 Å². The number of aryl methyl sites for hydroxylation is 2. The van der Waals surface area contributed by atoms with E-state index in [2.05, 4.69) is 9.97 Å². The molecule has 0 radical (unpaired) electrons. The van der Waals surface area contributed by atoms with Crippen LogP contribution >= 0.6 is 8.24 Å². The zero-order valence-corrected chi connectivity index (χ0v) is 16.1. The summed E-state index contributed by atoms with van der Waals surface area (Å²) < 4.78 is 32.8. The summed E-state index contributed by atoms with van der Waals surface area (Å²) in [5.41, 5.74) is 1.81. The van der Waals surface area contributed by atoms with E-state index in [9.17, 15) is 4.89 Å². The number of methoxy groups -OCH3 is 4. The van der Waals surface area contributed by atoms with E-state index in [1.54, 1.807) is 13.8 Å². The van der Waals surface area contributed by atoms with Crippen molar-refractivity contribution < 1.29 is 32.2 Å². The van der Waals surface area contributed by atoms with Crippen molar-refractivity contribution >= 4 is 30.2 Å². The SMILES string of the molecule is COc1nc(OC)c2c(op(O)oc3c(C)c(OC)nc(OC)c32)c1C. The molecule has 0 amide bonds. The summed E-state index contributed by atoms with van der Waals surface area (Å²) in [5, 5.41) is 0.907. The van der Waals surface area contributed by atoms with E-state index >= 15 is 0 Å². The van der Waals surface area contributed by atoms with Gasteiger partial charge in [-0.25, -0.2) is 0 Å². The first kappa shape index (κ1) is 18.2. The lowest BCUT2D eigenvalue weighted by Gasteiger charge is -2.12. The molecule has 140 valence electrons. The van der Waals surface area contributed by atoms with Gasteiger partial charge in [0.1, 0.15) is 0 Å². The highest BCUT2D eigenvalue weighted by Crippen LogP contribution is 2.44. The van der Waals surface area contributed by atoms with Crippen molar-refractivity contribution in [1.29, 1.82) is 0 Å². The van der Waals surface area contributed by atoms with Crippen LogP contribution in [-0.2, 0) is 0 Å². The van der Waals surface area contributed by atoms with Crippen LogP contribution in [0.5, 0.6) is 23.5 Å². The number of nitrogens with zero attached hydrogens (tertiary/aromatic N) is 2. The lowest BCUT2D eigenvalue weighted by atomic mass is 10.1. The van der Waals surface area contributed by atoms with Crippen LogP contribution in [0.15, 0.2) is 8.39 Å². The molecule has 0 fully saturated rings. The third kappa shape index (κ3) is 2.69. The van der Waals surface area contributed by atoms with Gasteiger partial charge in [-0.3, -0.25) is 4.89 Å². The van der Waals surface area contributed by atoms with Crippen molar-refractivity contribution in [3.8, 4) is 23.5 Å². The lowest BCUT2D eigenvalue weighted by Crippen LogP contribution is -1.99. The minimum Gasteiger partial charge on any atom is -0.481 e. The third-order valence-electron chi connectivity index (χ3n) is 3.97. The number of rotatable bonds is 4. The molecule has 0 aromatic carbocycles. The zero-order chi connectivity index (χ0) is 19.0. The highest BCUT2D eigenvalue weighted by atomic mass is 31.1. The summed E-state index contributed by atoms with van der Waals surface area (Å²) in [7, 11) is 3.65. The fourth-order valence-electron chi connectivity index (χ4n) is 2.76. The van der Waals surface area contributed by atoms with Gasteiger partial charge in [-0.05, 0) is 13.8 Å². The number of fused-ring (bicyclic) bond motifs is 3. The van der Waals surface area contributed by atoms with Gasteiger partial charge in [0.2, 0.25) is 23.5 Å². The molecule has 0 aliphatic rings. The van der Waals surface area contributed by atoms with Gasteiger partial charge < -0.3 is 27.3 Å². The van der Waals surface area contributed by atoms with Gasteiger partial charge in [-0.15, -0.1) is 0 Å². The van der Waals surface area contributed by atoms with Crippen LogP contribution < -0.4 is 18.9 Å². The summed E-state index contributed by atoms with van der Waals surface area (Å²) in [6.45, 7) is 3.52. The van der Waals surface area contributed by atoms with Crippen molar-refractivity contribution in [2.75, 3.05) is 28.4 Å². The largest absolute Gasteiger partial charge is 0.481 e. The molecule has 10 heteroatoms. The molecule has 3 aromatic rings. The fourth-order valence-corrected chi connectivity index (χ4v) is 3.57. The predicted molar refractivity (Wildman–Crippen MR) is 95.2 cm³/mol. The molecule has 0 unspecified atom stereocenters. The number of ether oxygens (including phenoxy) is 4. The van der Waals surface area contributed by atoms with E-state index in [0.29, 0.717) is 44.8 Å². The van der Waals surface area contributed by atoms with Gasteiger partial charge >= 0.3 is 8.24 Å². The van der Waals surface area contributed by atoms with Crippen LogP contribution in [0.4, 0.5) is 0 Å². The second kappa shape index (κ2) is 6.93. The monoisotopic (exact) mass is 382 g/mol. The molecular weight excluding hydrogens is 363 g/mol. The van der Waals surface area contributed by atoms with E-state index in [0.717, 1.165) is 0 Å². The highest BCUT2D eigenvalue weighted by molar-refractivity contribution is 7.30. The second-order valence-corrected chi connectivity index (χ2v) is 6.18. The average Bonchev–Trinajstić information content (AvgIpc) is 2.80. The molecule has 3 aromatic heterocycles. The van der Waals surface area contributed by atoms with Gasteiger partial charge in [0, 0.05) is 0 Å². The molecule has 0 aliphatic carbocycles. The van der Waals surface area contributed by atoms with Gasteiger partial charge in [-0.1, -0.05) is 0 Å². The van der Waals surface area contributed by atoms with Crippen LogP contribution in [-0.4, -0.2) is 43.3 Å². The van der Waals surface area contributed by atoms with Crippen molar-refractivity contribution in [2.45, 2.75) is 13.8 Å². The van der Waals surface area contributed by atoms with Gasteiger partial charge in [-0.2, -0.15) is 9.97 Å². The highest BCUT2D eigenvalue weighted by Gasteiger charge is 2.24. The van der Waals surface area contributed by atoms with E-state index in [1.807, 2.05) is 0 Å². The maximum absolute atomic E-state index is 10.3. The number of aromatic nitrogens is 2. The first-order valence-corrected chi connectivity index (χ1v) is 8.70. The maximum atomic E-state index is 10.3. The number of hydrogen-bond donors (Lipinski definition) is 1. The molecule has 0 aliphatic heterocycles. The minimum atomic E-state index is -2.27. The van der Waals surface area contributed by atoms with E-state index < -0.39 is 8.24 Å². The Morgan fingerprint density at radius 2 is 1.04 bits per heavy atom. The molecule has 3 heterocycles. The summed E-state index contributed by atoms with van der Waals surface area (Å²) >= 11 is 0. The molecule has 1 N–H and O–H groups in total. The molecule has 3 rings (SSSR count). The van der Waals surface area contributed by atoms with Gasteiger partial charge in [0.25, 0.3) is 0 Å². The van der Waals surface area contributed by atoms with Crippen LogP contribution in [0.1, 0.15) is 11.1 Å². The Labute approximate surface area is 150 Å². The summed E-state index contributed by atoms with van der Waals surface area (Å²) in [5.74, 6) is 1.07. The molecule has 26 heavy (non-hydrogen) atoms. The second-order valence-electron chi connectivity index (χ2n) is 5.34. The first-order valence-electron chi connectivity index (χ1n) is 7.57. The Bertz CT molecular complexity index is 952. The lowest BCUT2D eigenvalue weighted by molar-refractivity contribution is 0.363. The minimum absolute atomic E-state index is 0.224. The van der Waals surface area contributed by atoms with Gasteiger partial charge in [0.05, 0.1) is 50.3 Å². The Balaban J connectivity index is 2.72. The van der Waals surface area contributed by atoms with Crippen LogP contribution in [0.25, 0.3) is 21.9 Å². The fraction of sp³-hybridized carbons (Fsp3) is 0.375. The van der Waals surface area contributed by atoms with E-state index in [4.69, 9.17) is 27.3 Å². The standard InChI is InChI=1S/C16H19N2O7P/c1-7-11-9(15(22-5)17-13(7)20-3)10-12(25-26(19)24-11)8(2)14(21-4)18-16(10)23-6/h19H,1-6H3. The summed E-state index contributed by atoms with van der Waals surface area (Å²) in [4.78, 5) is 19.0. The van der Waals surface area contributed by atoms with Gasteiger partial charge in [0.15, 0.2) is 11.2 Å². The van der Waals surface area contributed by atoms with Crippen LogP contribution in [0, 0.1) is 13.8 Å². The Morgan fingerprint density at radius 1 is 0.692 bits per heavy atom. The molecule has 0 saturated heterocycles. The molecule has 9 nitrogen and oxygen atoms in total. The maximum Gasteiger partial charge on any atom is 0.384 e. The van der Waals surface area contributed by atoms with Crippen molar-refractivity contribution in [3.05, 3.63) is 11.1 Å². The Kier molecular flexibility index (Phi) is 4.84. The zero-order valence-electron chi connectivity index (χ0n) is 15.2. The summed E-state index contributed by atoms with van der Waals surface area (Å²) in [6, 6.07) is 0. The molecule has 0 saturated carbocycles. The van der Waals surface area contributed by atoms with Crippen LogP contribution in [0.2, 0.25) is 0 Å². The normalized spacial score (nSPS) is 10.9. The van der Waals surface area contributed by atoms with E-state index in [1.165, 1.54) is 28.4 Å². The molecule has 0 bridgehead atoms. The van der Waals surface area contributed by atoms with E-state index in [-0.39, 0.29) is 11.8 Å². The number of pyridine rings is 2. The van der Waals surface area contributed by atoms with Crippen molar-refractivity contribution in [2.24, 2.45) is 0 Å². The molecule has 0 spiro atoms. The average molecular weight is 382 g/mol.